The Labute approximate surface area is 188 Å². The Hall–Kier alpha value is -3.59. The first-order chi connectivity index (χ1) is 15.1. The number of hydrogen-bond acceptors (Lipinski definition) is 7. The number of carbonyl (C=O) groups is 1. The van der Waals surface area contributed by atoms with Crippen LogP contribution in [0.25, 0.3) is 0 Å². The normalized spacial score (nSPS) is 13.5. The van der Waals surface area contributed by atoms with E-state index in [1.165, 1.54) is 23.9 Å². The number of rotatable bonds is 8. The third-order valence-electron chi connectivity index (χ3n) is 4.12. The minimum atomic E-state index is -4.83. The molecule has 3 N–H and O–H groups in total. The molecule has 9 nitrogen and oxygen atoms in total. The lowest BCUT2D eigenvalue weighted by molar-refractivity contribution is -0.138. The van der Waals surface area contributed by atoms with E-state index in [1.807, 2.05) is 20.8 Å². The number of pyridine rings is 1. The van der Waals surface area contributed by atoms with E-state index >= 15 is 0 Å². The molecule has 0 fully saturated rings. The van der Waals surface area contributed by atoms with E-state index in [2.05, 4.69) is 27.3 Å². The summed E-state index contributed by atoms with van der Waals surface area (Å²) >= 11 is 0. The molecule has 2 rings (SSSR count). The summed E-state index contributed by atoms with van der Waals surface area (Å²) in [4.78, 5) is 15.9. The van der Waals surface area contributed by atoms with Gasteiger partial charge in [0.1, 0.15) is 11.7 Å². The first kappa shape index (κ1) is 25.7. The van der Waals surface area contributed by atoms with E-state index in [0.29, 0.717) is 18.5 Å². The van der Waals surface area contributed by atoms with Crippen molar-refractivity contribution in [3.63, 3.8) is 0 Å². The molecule has 2 heterocycles. The Balaban J connectivity index is 2.03. The van der Waals surface area contributed by atoms with Gasteiger partial charge < -0.3 is 20.5 Å². The second-order valence-corrected chi connectivity index (χ2v) is 8.50. The van der Waals surface area contributed by atoms with Gasteiger partial charge in [0, 0.05) is 18.3 Å². The van der Waals surface area contributed by atoms with Gasteiger partial charge in [-0.25, -0.2) is 4.98 Å². The van der Waals surface area contributed by atoms with E-state index in [4.69, 9.17) is 10.00 Å². The number of anilines is 1. The number of nitrogens with one attached hydrogen (secondary N) is 2. The second kappa shape index (κ2) is 9.50. The molecule has 0 aromatic carbocycles. The van der Waals surface area contributed by atoms with Crippen LogP contribution >= 0.6 is 0 Å². The number of hydrogen-bond donors (Lipinski definition) is 3. The predicted octanol–water partition coefficient (Wildman–Crippen LogP) is 2.93. The minimum absolute atomic E-state index is 0.270. The first-order valence-corrected chi connectivity index (χ1v) is 9.75. The maximum Gasteiger partial charge on any atom is 0.419 e. The molecule has 178 valence electrons. The SMILES string of the molecule is C=C(NCc1cnn(C[C@](C)(O)C(=O)Nc2cnc(C#N)c(C(F)(F)F)c2)c1)OC(C)(C)C. The minimum Gasteiger partial charge on any atom is -0.474 e. The van der Waals surface area contributed by atoms with Crippen molar-refractivity contribution in [2.45, 2.75) is 58.2 Å². The van der Waals surface area contributed by atoms with Crippen LogP contribution in [0.15, 0.2) is 37.1 Å². The van der Waals surface area contributed by atoms with Gasteiger partial charge in [-0.2, -0.15) is 23.5 Å². The largest absolute Gasteiger partial charge is 0.474 e. The summed E-state index contributed by atoms with van der Waals surface area (Å²) < 4.78 is 46.1. The van der Waals surface area contributed by atoms with Gasteiger partial charge in [-0.05, 0) is 40.3 Å². The Kier molecular flexibility index (Phi) is 7.39. The van der Waals surface area contributed by atoms with Gasteiger partial charge in [-0.1, -0.05) is 0 Å². The standard InChI is InChI=1S/C21H25F3N6O3/c1-13(33-19(2,3)4)26-8-14-9-28-30(11-14)12-20(5,32)18(31)29-15-6-16(21(22,23)24)17(7-25)27-10-15/h6,9-11,26,32H,1,8,12H2,2-5H3,(H,29,31)/t20-/m0/s1. The molecule has 0 bridgehead atoms. The molecule has 1 amide bonds. The van der Waals surface area contributed by atoms with Crippen LogP contribution in [0.4, 0.5) is 18.9 Å². The number of halogens is 3. The molecule has 0 radical (unpaired) electrons. The van der Waals surface area contributed by atoms with Gasteiger partial charge >= 0.3 is 6.18 Å². The maximum atomic E-state index is 13.1. The van der Waals surface area contributed by atoms with Crippen molar-refractivity contribution >= 4 is 11.6 Å². The van der Waals surface area contributed by atoms with Gasteiger partial charge in [0.2, 0.25) is 0 Å². The summed E-state index contributed by atoms with van der Waals surface area (Å²) in [5, 5.41) is 28.6. The van der Waals surface area contributed by atoms with Crippen LogP contribution in [0, 0.1) is 11.3 Å². The number of amides is 1. The third kappa shape index (κ3) is 7.50. The van der Waals surface area contributed by atoms with Crippen LogP contribution in [0.5, 0.6) is 0 Å². The maximum absolute atomic E-state index is 13.1. The zero-order chi connectivity index (χ0) is 25.0. The molecule has 0 spiro atoms. The van der Waals surface area contributed by atoms with E-state index in [1.54, 1.807) is 6.20 Å². The fourth-order valence-electron chi connectivity index (χ4n) is 2.68. The molecule has 0 saturated carbocycles. The van der Waals surface area contributed by atoms with Crippen LogP contribution in [0.1, 0.15) is 44.5 Å². The smallest absolute Gasteiger partial charge is 0.419 e. The van der Waals surface area contributed by atoms with Crippen molar-refractivity contribution in [1.29, 1.82) is 5.26 Å². The van der Waals surface area contributed by atoms with Crippen molar-refractivity contribution in [3.05, 3.63) is 53.9 Å². The number of nitrogens with zero attached hydrogens (tertiary/aromatic N) is 4. The monoisotopic (exact) mass is 466 g/mol. The Morgan fingerprint density at radius 2 is 1.97 bits per heavy atom. The molecule has 2 aromatic rings. The van der Waals surface area contributed by atoms with Crippen molar-refractivity contribution < 1.29 is 27.8 Å². The number of ether oxygens (including phenoxy) is 1. The van der Waals surface area contributed by atoms with Crippen LogP contribution in [-0.4, -0.2) is 37.0 Å². The quantitative estimate of drug-likeness (QED) is 0.511. The predicted molar refractivity (Wildman–Crippen MR) is 112 cm³/mol. The Morgan fingerprint density at radius 1 is 1.30 bits per heavy atom. The van der Waals surface area contributed by atoms with E-state index in [0.717, 1.165) is 11.8 Å². The number of nitriles is 1. The molecular weight excluding hydrogens is 441 g/mol. The van der Waals surface area contributed by atoms with Crippen molar-refractivity contribution in [3.8, 4) is 6.07 Å². The fraction of sp³-hybridized carbons (Fsp3) is 0.429. The number of carbonyl (C=O) groups excluding carboxylic acids is 1. The number of alkyl halides is 3. The van der Waals surface area contributed by atoms with Gasteiger partial charge in [0.15, 0.2) is 17.2 Å². The van der Waals surface area contributed by atoms with E-state index < -0.39 is 34.5 Å². The van der Waals surface area contributed by atoms with Crippen LogP contribution < -0.4 is 10.6 Å². The number of aromatic nitrogens is 3. The molecule has 12 heteroatoms. The number of aliphatic hydroxyl groups is 1. The molecular formula is C21H25F3N6O3. The summed E-state index contributed by atoms with van der Waals surface area (Å²) in [5.41, 5.74) is -4.12. The van der Waals surface area contributed by atoms with Gasteiger partial charge in [0.05, 0.1) is 30.2 Å². The Bertz CT molecular complexity index is 1060. The lowest BCUT2D eigenvalue weighted by atomic mass is 10.1. The highest BCUT2D eigenvalue weighted by Gasteiger charge is 2.36. The lowest BCUT2D eigenvalue weighted by Crippen LogP contribution is -2.43. The van der Waals surface area contributed by atoms with E-state index in [-0.39, 0.29) is 12.2 Å². The fourth-order valence-corrected chi connectivity index (χ4v) is 2.68. The molecule has 33 heavy (non-hydrogen) atoms. The van der Waals surface area contributed by atoms with Crippen molar-refractivity contribution in [1.82, 2.24) is 20.1 Å². The molecule has 0 aliphatic heterocycles. The highest BCUT2D eigenvalue weighted by atomic mass is 19.4. The molecule has 2 aromatic heterocycles. The average molecular weight is 466 g/mol. The summed E-state index contributed by atoms with van der Waals surface area (Å²) in [7, 11) is 0. The summed E-state index contributed by atoms with van der Waals surface area (Å²) in [6, 6.07) is 1.94. The van der Waals surface area contributed by atoms with Crippen molar-refractivity contribution in [2.24, 2.45) is 0 Å². The topological polar surface area (TPSA) is 125 Å². The third-order valence-corrected chi connectivity index (χ3v) is 4.12. The summed E-state index contributed by atoms with van der Waals surface area (Å²) in [6.45, 7) is 10.7. The molecule has 1 atom stereocenters. The zero-order valence-corrected chi connectivity index (χ0v) is 18.6. The van der Waals surface area contributed by atoms with Gasteiger partial charge in [0.25, 0.3) is 5.91 Å². The average Bonchev–Trinajstić information content (AvgIpc) is 3.11. The molecule has 0 unspecified atom stereocenters. The highest BCUT2D eigenvalue weighted by Crippen LogP contribution is 2.32. The lowest BCUT2D eigenvalue weighted by Gasteiger charge is -2.23. The summed E-state index contributed by atoms with van der Waals surface area (Å²) in [6.07, 6.45) is -0.814. The van der Waals surface area contributed by atoms with Crippen molar-refractivity contribution in [2.75, 3.05) is 5.32 Å². The molecule has 0 saturated heterocycles. The van der Waals surface area contributed by atoms with E-state index in [9.17, 15) is 23.1 Å². The van der Waals surface area contributed by atoms with Crippen LogP contribution in [-0.2, 0) is 28.8 Å². The van der Waals surface area contributed by atoms with Crippen LogP contribution in [0.2, 0.25) is 0 Å². The van der Waals surface area contributed by atoms with Gasteiger partial charge in [-0.3, -0.25) is 9.48 Å². The molecule has 0 aliphatic rings. The summed E-state index contributed by atoms with van der Waals surface area (Å²) in [5.74, 6) is -0.597. The first-order valence-electron chi connectivity index (χ1n) is 9.75. The van der Waals surface area contributed by atoms with Crippen LogP contribution in [0.3, 0.4) is 0 Å². The Morgan fingerprint density at radius 3 is 2.55 bits per heavy atom. The highest BCUT2D eigenvalue weighted by molar-refractivity contribution is 5.96. The van der Waals surface area contributed by atoms with Gasteiger partial charge in [-0.15, -0.1) is 0 Å². The molecule has 0 aliphatic carbocycles. The second-order valence-electron chi connectivity index (χ2n) is 8.50. The zero-order valence-electron chi connectivity index (χ0n) is 18.6.